The van der Waals surface area contributed by atoms with Gasteiger partial charge in [-0.15, -0.1) is 0 Å². The first kappa shape index (κ1) is 15.2. The summed E-state index contributed by atoms with van der Waals surface area (Å²) in [6.45, 7) is 4.42. The summed E-state index contributed by atoms with van der Waals surface area (Å²) in [5, 5.41) is 5.83. The van der Waals surface area contributed by atoms with E-state index in [-0.39, 0.29) is 6.09 Å². The fourth-order valence-electron chi connectivity index (χ4n) is 1.34. The lowest BCUT2D eigenvalue weighted by Crippen LogP contribution is -2.25. The molecule has 0 atom stereocenters. The second kappa shape index (κ2) is 12.3. The summed E-state index contributed by atoms with van der Waals surface area (Å²) < 4.78 is 5.03. The van der Waals surface area contributed by atoms with Gasteiger partial charge >= 0.3 is 6.09 Å². The van der Waals surface area contributed by atoms with Gasteiger partial charge in [0.25, 0.3) is 0 Å². The first-order valence-electron chi connectivity index (χ1n) is 6.36. The van der Waals surface area contributed by atoms with Crippen molar-refractivity contribution in [2.75, 3.05) is 26.7 Å². The van der Waals surface area contributed by atoms with Gasteiger partial charge in [0, 0.05) is 6.54 Å². The predicted octanol–water partition coefficient (Wildman–Crippen LogP) is 2.29. The third-order valence-electron chi connectivity index (χ3n) is 2.35. The second-order valence-electron chi connectivity index (χ2n) is 3.93. The van der Waals surface area contributed by atoms with Gasteiger partial charge in [0.15, 0.2) is 0 Å². The molecule has 0 unspecified atom stereocenters. The van der Waals surface area contributed by atoms with Gasteiger partial charge in [-0.25, -0.2) is 4.79 Å². The molecule has 96 valence electrons. The van der Waals surface area contributed by atoms with Crippen molar-refractivity contribution in [3.63, 3.8) is 0 Å². The molecule has 0 aliphatic carbocycles. The molecule has 0 fully saturated rings. The number of carbonyl (C=O) groups is 1. The van der Waals surface area contributed by atoms with E-state index in [2.05, 4.69) is 17.6 Å². The number of hydrogen-bond acceptors (Lipinski definition) is 3. The minimum absolute atomic E-state index is 0.274. The molecular formula is C12H26N2O2. The van der Waals surface area contributed by atoms with E-state index in [1.807, 2.05) is 7.05 Å². The third-order valence-corrected chi connectivity index (χ3v) is 2.35. The van der Waals surface area contributed by atoms with Crippen LogP contribution in [-0.2, 0) is 4.74 Å². The highest BCUT2D eigenvalue weighted by Gasteiger charge is 1.99. The van der Waals surface area contributed by atoms with Crippen molar-refractivity contribution < 1.29 is 9.53 Å². The van der Waals surface area contributed by atoms with Crippen LogP contribution in [0.5, 0.6) is 0 Å². The standard InChI is InChI=1S/C12H26N2O2/c1-3-4-10-14-12(15)16-11-8-6-5-7-9-13-2/h13H,3-11H2,1-2H3,(H,14,15). The van der Waals surface area contributed by atoms with Crippen molar-refractivity contribution >= 4 is 6.09 Å². The molecule has 0 saturated heterocycles. The fourth-order valence-corrected chi connectivity index (χ4v) is 1.34. The highest BCUT2D eigenvalue weighted by atomic mass is 16.5. The molecule has 16 heavy (non-hydrogen) atoms. The Morgan fingerprint density at radius 1 is 1.06 bits per heavy atom. The molecule has 0 aromatic rings. The van der Waals surface area contributed by atoms with E-state index in [0.29, 0.717) is 6.61 Å². The van der Waals surface area contributed by atoms with Gasteiger partial charge in [-0.1, -0.05) is 26.2 Å². The number of nitrogens with one attached hydrogen (secondary N) is 2. The van der Waals surface area contributed by atoms with E-state index in [4.69, 9.17) is 4.74 Å². The first-order chi connectivity index (χ1) is 7.81. The molecular weight excluding hydrogens is 204 g/mol. The van der Waals surface area contributed by atoms with Gasteiger partial charge in [0.2, 0.25) is 0 Å². The van der Waals surface area contributed by atoms with Crippen molar-refractivity contribution in [2.24, 2.45) is 0 Å². The van der Waals surface area contributed by atoms with Crippen molar-refractivity contribution in [3.05, 3.63) is 0 Å². The van der Waals surface area contributed by atoms with Crippen LogP contribution in [0.3, 0.4) is 0 Å². The summed E-state index contributed by atoms with van der Waals surface area (Å²) in [6, 6.07) is 0. The first-order valence-corrected chi connectivity index (χ1v) is 6.36. The van der Waals surface area contributed by atoms with Gasteiger partial charge in [-0.2, -0.15) is 0 Å². The predicted molar refractivity (Wildman–Crippen MR) is 66.7 cm³/mol. The van der Waals surface area contributed by atoms with Crippen LogP contribution in [0.1, 0.15) is 45.4 Å². The largest absolute Gasteiger partial charge is 0.450 e. The van der Waals surface area contributed by atoms with Crippen molar-refractivity contribution in [1.82, 2.24) is 10.6 Å². The lowest BCUT2D eigenvalue weighted by Gasteiger charge is -2.06. The number of alkyl carbamates (subject to hydrolysis) is 1. The minimum atomic E-state index is -0.274. The Hall–Kier alpha value is -0.770. The number of unbranched alkanes of at least 4 members (excludes halogenated alkanes) is 4. The summed E-state index contributed by atoms with van der Waals surface area (Å²) >= 11 is 0. The molecule has 1 amide bonds. The highest BCUT2D eigenvalue weighted by molar-refractivity contribution is 5.66. The Kier molecular flexibility index (Phi) is 11.7. The molecule has 0 heterocycles. The molecule has 0 saturated carbocycles. The maximum absolute atomic E-state index is 11.1. The van der Waals surface area contributed by atoms with Crippen LogP contribution in [0.2, 0.25) is 0 Å². The molecule has 0 aliphatic heterocycles. The number of rotatable bonds is 10. The van der Waals surface area contributed by atoms with Crippen molar-refractivity contribution in [1.29, 1.82) is 0 Å². The van der Waals surface area contributed by atoms with Crippen LogP contribution in [0.4, 0.5) is 4.79 Å². The summed E-state index contributed by atoms with van der Waals surface area (Å²) in [6.07, 6.45) is 6.31. The molecule has 0 bridgehead atoms. The maximum Gasteiger partial charge on any atom is 0.407 e. The Balaban J connectivity index is 3.09. The average Bonchev–Trinajstić information content (AvgIpc) is 2.28. The van der Waals surface area contributed by atoms with Crippen LogP contribution in [0.15, 0.2) is 0 Å². The quantitative estimate of drug-likeness (QED) is 0.566. The molecule has 2 N–H and O–H groups in total. The molecule has 0 radical (unpaired) electrons. The topological polar surface area (TPSA) is 50.4 Å². The zero-order valence-electron chi connectivity index (χ0n) is 10.7. The Morgan fingerprint density at radius 3 is 2.50 bits per heavy atom. The van der Waals surface area contributed by atoms with Gasteiger partial charge in [0.1, 0.15) is 0 Å². The third kappa shape index (κ3) is 11.3. The summed E-state index contributed by atoms with van der Waals surface area (Å²) in [5.41, 5.74) is 0. The smallest absolute Gasteiger partial charge is 0.407 e. The zero-order valence-corrected chi connectivity index (χ0v) is 10.7. The van der Waals surface area contributed by atoms with E-state index in [9.17, 15) is 4.79 Å². The van der Waals surface area contributed by atoms with Gasteiger partial charge in [-0.3, -0.25) is 0 Å². The molecule has 0 aromatic carbocycles. The molecule has 0 aromatic heterocycles. The monoisotopic (exact) mass is 230 g/mol. The van der Waals surface area contributed by atoms with Gasteiger partial charge in [-0.05, 0) is 32.9 Å². The van der Waals surface area contributed by atoms with Crippen LogP contribution >= 0.6 is 0 Å². The Morgan fingerprint density at radius 2 is 1.81 bits per heavy atom. The van der Waals surface area contributed by atoms with Crippen molar-refractivity contribution in [2.45, 2.75) is 45.4 Å². The highest BCUT2D eigenvalue weighted by Crippen LogP contribution is 1.99. The normalized spacial score (nSPS) is 10.1. The summed E-state index contributed by atoms with van der Waals surface area (Å²) in [4.78, 5) is 11.1. The molecule has 4 nitrogen and oxygen atoms in total. The number of ether oxygens (including phenoxy) is 1. The summed E-state index contributed by atoms with van der Waals surface area (Å²) in [7, 11) is 1.96. The van der Waals surface area contributed by atoms with E-state index in [1.54, 1.807) is 0 Å². The Labute approximate surface area is 99.1 Å². The van der Waals surface area contributed by atoms with E-state index in [1.165, 1.54) is 12.8 Å². The second-order valence-corrected chi connectivity index (χ2v) is 3.93. The maximum atomic E-state index is 11.1. The van der Waals surface area contributed by atoms with E-state index >= 15 is 0 Å². The van der Waals surface area contributed by atoms with Gasteiger partial charge < -0.3 is 15.4 Å². The number of hydrogen-bond donors (Lipinski definition) is 2. The zero-order chi connectivity index (χ0) is 12.1. The summed E-state index contributed by atoms with van der Waals surface area (Å²) in [5.74, 6) is 0. The lowest BCUT2D eigenvalue weighted by atomic mass is 10.2. The molecule has 0 spiro atoms. The lowest BCUT2D eigenvalue weighted by molar-refractivity contribution is 0.143. The SMILES string of the molecule is CCCCNC(=O)OCCCCCCNC. The fraction of sp³-hybridized carbons (Fsp3) is 0.917. The molecule has 0 rings (SSSR count). The van der Waals surface area contributed by atoms with Gasteiger partial charge in [0.05, 0.1) is 6.61 Å². The number of amides is 1. The Bertz CT molecular complexity index is 163. The molecule has 4 heteroatoms. The van der Waals surface area contributed by atoms with Crippen LogP contribution < -0.4 is 10.6 Å². The van der Waals surface area contributed by atoms with Crippen LogP contribution in [-0.4, -0.2) is 32.8 Å². The van der Waals surface area contributed by atoms with E-state index < -0.39 is 0 Å². The van der Waals surface area contributed by atoms with E-state index in [0.717, 1.165) is 38.8 Å². The van der Waals surface area contributed by atoms with Crippen LogP contribution in [0.25, 0.3) is 0 Å². The van der Waals surface area contributed by atoms with Crippen LogP contribution in [0, 0.1) is 0 Å². The number of carbonyl (C=O) groups excluding carboxylic acids is 1. The minimum Gasteiger partial charge on any atom is -0.450 e. The average molecular weight is 230 g/mol. The van der Waals surface area contributed by atoms with Crippen molar-refractivity contribution in [3.8, 4) is 0 Å². The molecule has 0 aliphatic rings.